The Morgan fingerprint density at radius 2 is 1.64 bits per heavy atom. The minimum absolute atomic E-state index is 0. The average molecular weight is 301 g/mol. The van der Waals surface area contributed by atoms with Crippen molar-refractivity contribution in [1.82, 2.24) is 9.97 Å². The van der Waals surface area contributed by atoms with Gasteiger partial charge in [0.25, 0.3) is 0 Å². The molecular weight excluding hydrogens is 270 g/mol. The second-order valence-corrected chi connectivity index (χ2v) is 5.22. The molecule has 0 radical (unpaired) electrons. The normalized spacial score (nSPS) is 23.0. The van der Waals surface area contributed by atoms with Crippen molar-refractivity contribution in [2.24, 2.45) is 17.8 Å². The molecule has 0 spiro atoms. The second-order valence-electron chi connectivity index (χ2n) is 5.22. The standard InChI is InChI=1S/C15H15N3.2C2H6.2H2/c1-9-11-7-13-14(8-12(9)11)18-15(17-13)16-10-5-3-2-4-6-10;2*1-2;;/h2-9,11-12H,1H3,(H2,16,17,18);2*1-2H3;2*1H. The van der Waals surface area contributed by atoms with Gasteiger partial charge in [0.2, 0.25) is 5.95 Å². The zero-order valence-electron chi connectivity index (χ0n) is 14.2. The summed E-state index contributed by atoms with van der Waals surface area (Å²) in [6.07, 6.45) is 4.63. The van der Waals surface area contributed by atoms with Crippen LogP contribution in [-0.2, 0) is 0 Å². The topological polar surface area (TPSA) is 40.7 Å². The van der Waals surface area contributed by atoms with Gasteiger partial charge in [-0.05, 0) is 29.9 Å². The molecule has 4 rings (SSSR count). The predicted octanol–water partition coefficient (Wildman–Crippen LogP) is 4.15. The van der Waals surface area contributed by atoms with E-state index in [1.54, 1.807) is 0 Å². The largest absolute Gasteiger partial charge is 0.326 e. The number of aromatic nitrogens is 2. The molecule has 2 aromatic rings. The molecule has 22 heavy (non-hydrogen) atoms. The van der Waals surface area contributed by atoms with Gasteiger partial charge in [0.05, 0.1) is 10.7 Å². The van der Waals surface area contributed by atoms with Crippen molar-refractivity contribution in [2.45, 2.75) is 34.6 Å². The summed E-state index contributed by atoms with van der Waals surface area (Å²) in [4.78, 5) is 7.95. The zero-order valence-corrected chi connectivity index (χ0v) is 14.2. The van der Waals surface area contributed by atoms with Gasteiger partial charge in [0.1, 0.15) is 0 Å². The van der Waals surface area contributed by atoms with Crippen LogP contribution in [0, 0.1) is 17.8 Å². The van der Waals surface area contributed by atoms with Gasteiger partial charge in [-0.3, -0.25) is 0 Å². The number of hydrogen-bond donors (Lipinski definition) is 2. The van der Waals surface area contributed by atoms with Crippen molar-refractivity contribution in [2.75, 3.05) is 5.32 Å². The molecule has 1 aromatic heterocycles. The van der Waals surface area contributed by atoms with Crippen molar-refractivity contribution >= 4 is 23.8 Å². The third kappa shape index (κ3) is 3.24. The lowest BCUT2D eigenvalue weighted by molar-refractivity contribution is 0.905. The van der Waals surface area contributed by atoms with Crippen LogP contribution in [0.4, 0.5) is 11.6 Å². The highest BCUT2D eigenvalue weighted by Gasteiger charge is 2.44. The van der Waals surface area contributed by atoms with E-state index < -0.39 is 0 Å². The third-order valence-corrected chi connectivity index (χ3v) is 4.03. The molecule has 1 aromatic carbocycles. The molecule has 3 nitrogen and oxygen atoms in total. The molecule has 0 saturated heterocycles. The molecule has 2 aliphatic rings. The first kappa shape index (κ1) is 16.3. The first-order valence-corrected chi connectivity index (χ1v) is 8.43. The fourth-order valence-electron chi connectivity index (χ4n) is 2.80. The van der Waals surface area contributed by atoms with Crippen LogP contribution in [0.5, 0.6) is 0 Å². The zero-order chi connectivity index (χ0) is 16.1. The lowest BCUT2D eigenvalue weighted by Crippen LogP contribution is -2.26. The van der Waals surface area contributed by atoms with Crippen LogP contribution < -0.4 is 16.0 Å². The van der Waals surface area contributed by atoms with Gasteiger partial charge in [0, 0.05) is 8.54 Å². The minimum Gasteiger partial charge on any atom is -0.326 e. The number of para-hydroxylation sites is 1. The predicted molar refractivity (Wildman–Crippen MR) is 99.6 cm³/mol. The smallest absolute Gasteiger partial charge is 0.205 e. The Morgan fingerprint density at radius 1 is 1.00 bits per heavy atom. The van der Waals surface area contributed by atoms with Crippen LogP contribution in [0.15, 0.2) is 30.3 Å². The number of fused-ring (bicyclic) bond motifs is 2. The van der Waals surface area contributed by atoms with Crippen LogP contribution in [0.2, 0.25) is 0 Å². The highest BCUT2D eigenvalue weighted by atomic mass is 15.1. The summed E-state index contributed by atoms with van der Waals surface area (Å²) in [5, 5.41) is 5.56. The molecule has 122 valence electrons. The number of hydrogen-bond acceptors (Lipinski definition) is 2. The SMILES string of the molecule is CC.CC.CC1C2C=c3nc(Nc4ccccc4)[nH]c3=CC12.[HH].[HH]. The quantitative estimate of drug-likeness (QED) is 0.874. The van der Waals surface area contributed by atoms with Gasteiger partial charge < -0.3 is 10.3 Å². The number of anilines is 2. The Hall–Kier alpha value is -2.03. The molecule has 1 fully saturated rings. The summed E-state index contributed by atoms with van der Waals surface area (Å²) in [7, 11) is 0. The maximum absolute atomic E-state index is 4.60. The van der Waals surface area contributed by atoms with E-state index in [2.05, 4.69) is 34.4 Å². The van der Waals surface area contributed by atoms with Gasteiger partial charge in [-0.2, -0.15) is 0 Å². The molecule has 1 heterocycles. The number of aromatic amines is 1. The molecule has 3 heteroatoms. The summed E-state index contributed by atoms with van der Waals surface area (Å²) in [6, 6.07) is 10.1. The van der Waals surface area contributed by atoms with E-state index in [0.29, 0.717) is 5.92 Å². The maximum atomic E-state index is 4.60. The van der Waals surface area contributed by atoms with E-state index in [1.165, 1.54) is 5.35 Å². The average Bonchev–Trinajstić information content (AvgIpc) is 3.03. The number of benzene rings is 1. The van der Waals surface area contributed by atoms with E-state index in [1.807, 2.05) is 58.0 Å². The fourth-order valence-corrected chi connectivity index (χ4v) is 2.80. The van der Waals surface area contributed by atoms with Gasteiger partial charge >= 0.3 is 0 Å². The fraction of sp³-hybridized carbons (Fsp3) is 0.421. The van der Waals surface area contributed by atoms with Gasteiger partial charge in [0.15, 0.2) is 0 Å². The number of H-pyrrole nitrogens is 1. The third-order valence-electron chi connectivity index (χ3n) is 4.03. The molecule has 1 saturated carbocycles. The summed E-state index contributed by atoms with van der Waals surface area (Å²) in [5.74, 6) is 3.05. The molecule has 0 aliphatic heterocycles. The first-order chi connectivity index (χ1) is 10.8. The lowest BCUT2D eigenvalue weighted by Gasteiger charge is -2.00. The minimum atomic E-state index is 0. The maximum Gasteiger partial charge on any atom is 0.205 e. The van der Waals surface area contributed by atoms with Crippen molar-refractivity contribution in [3.8, 4) is 0 Å². The summed E-state index contributed by atoms with van der Waals surface area (Å²) >= 11 is 0. The number of imidazole rings is 1. The molecule has 3 atom stereocenters. The summed E-state index contributed by atoms with van der Waals surface area (Å²) < 4.78 is 0. The van der Waals surface area contributed by atoms with Crippen LogP contribution in [0.25, 0.3) is 12.2 Å². The Kier molecular flexibility index (Phi) is 5.42. The number of nitrogens with zero attached hydrogens (tertiary/aromatic N) is 1. The molecule has 2 aliphatic carbocycles. The van der Waals surface area contributed by atoms with E-state index >= 15 is 0 Å². The monoisotopic (exact) mass is 301 g/mol. The summed E-state index contributed by atoms with van der Waals surface area (Å²) in [5.41, 5.74) is 1.06. The summed E-state index contributed by atoms with van der Waals surface area (Å²) in [6.45, 7) is 10.3. The molecule has 0 amide bonds. The van der Waals surface area contributed by atoms with Crippen molar-refractivity contribution in [1.29, 1.82) is 0 Å². The Bertz CT molecular complexity index is 670. The molecule has 0 bridgehead atoms. The first-order valence-electron chi connectivity index (χ1n) is 8.43. The van der Waals surface area contributed by atoms with Crippen LogP contribution >= 0.6 is 0 Å². The lowest BCUT2D eigenvalue weighted by atomic mass is 10.2. The van der Waals surface area contributed by atoms with E-state index in [0.717, 1.165) is 28.8 Å². The number of rotatable bonds is 2. The van der Waals surface area contributed by atoms with Crippen LogP contribution in [0.3, 0.4) is 0 Å². The van der Waals surface area contributed by atoms with Crippen molar-refractivity contribution < 1.29 is 2.85 Å². The van der Waals surface area contributed by atoms with E-state index in [4.69, 9.17) is 0 Å². The van der Waals surface area contributed by atoms with Crippen molar-refractivity contribution in [3.63, 3.8) is 0 Å². The Labute approximate surface area is 136 Å². The molecule has 3 unspecified atom stereocenters. The van der Waals surface area contributed by atoms with Gasteiger partial charge in [-0.25, -0.2) is 4.98 Å². The van der Waals surface area contributed by atoms with E-state index in [9.17, 15) is 0 Å². The van der Waals surface area contributed by atoms with Gasteiger partial charge in [-0.15, -0.1) is 0 Å². The highest BCUT2D eigenvalue weighted by molar-refractivity contribution is 5.55. The highest BCUT2D eigenvalue weighted by Crippen LogP contribution is 2.48. The van der Waals surface area contributed by atoms with Gasteiger partial charge in [-0.1, -0.05) is 65.0 Å². The number of nitrogens with one attached hydrogen (secondary N) is 2. The van der Waals surface area contributed by atoms with Crippen molar-refractivity contribution in [3.05, 3.63) is 41.0 Å². The van der Waals surface area contributed by atoms with Crippen LogP contribution in [-0.4, -0.2) is 9.97 Å². The van der Waals surface area contributed by atoms with Crippen LogP contribution in [0.1, 0.15) is 37.5 Å². The Morgan fingerprint density at radius 3 is 2.32 bits per heavy atom. The van der Waals surface area contributed by atoms with E-state index in [-0.39, 0.29) is 2.85 Å². The Balaban J connectivity index is 0.000000826. The second kappa shape index (κ2) is 7.30. The molecule has 2 N–H and O–H groups in total. The molecular formula is C19H31N3.